The Morgan fingerprint density at radius 1 is 1.38 bits per heavy atom. The van der Waals surface area contributed by atoms with Crippen LogP contribution in [0, 0.1) is 12.8 Å². The zero-order valence-electron chi connectivity index (χ0n) is 10.9. The fraction of sp³-hybridized carbons (Fsp3) is 0.667. The van der Waals surface area contributed by atoms with E-state index in [4.69, 9.17) is 0 Å². The lowest BCUT2D eigenvalue weighted by Crippen LogP contribution is -2.24. The topological polar surface area (TPSA) is 41.1 Å². The molecular formula is C12H22N4. The molecule has 4 nitrogen and oxygen atoms in total. The highest BCUT2D eigenvalue weighted by Crippen LogP contribution is 2.21. The van der Waals surface area contributed by atoms with E-state index in [0.29, 0.717) is 5.92 Å². The van der Waals surface area contributed by atoms with Crippen molar-refractivity contribution in [2.75, 3.05) is 30.4 Å². The molecule has 1 N–H and O–H groups in total. The fourth-order valence-corrected chi connectivity index (χ4v) is 1.81. The van der Waals surface area contributed by atoms with Crippen LogP contribution in [0.4, 0.5) is 11.6 Å². The summed E-state index contributed by atoms with van der Waals surface area (Å²) in [4.78, 5) is 10.8. The summed E-state index contributed by atoms with van der Waals surface area (Å²) in [6, 6.07) is 0. The Morgan fingerprint density at radius 3 is 2.62 bits per heavy atom. The van der Waals surface area contributed by atoms with Crippen LogP contribution >= 0.6 is 0 Å². The largest absolute Gasteiger partial charge is 0.370 e. The maximum Gasteiger partial charge on any atom is 0.136 e. The van der Waals surface area contributed by atoms with Crippen LogP contribution in [0.2, 0.25) is 0 Å². The minimum atomic E-state index is 0.627. The zero-order valence-corrected chi connectivity index (χ0v) is 10.9. The quantitative estimate of drug-likeness (QED) is 0.830. The summed E-state index contributed by atoms with van der Waals surface area (Å²) in [5.41, 5.74) is 1.12. The van der Waals surface area contributed by atoms with E-state index in [1.165, 1.54) is 0 Å². The summed E-state index contributed by atoms with van der Waals surface area (Å²) < 4.78 is 0. The summed E-state index contributed by atoms with van der Waals surface area (Å²) in [5, 5.41) is 3.25. The van der Waals surface area contributed by atoms with Gasteiger partial charge in [0.2, 0.25) is 0 Å². The number of anilines is 2. The Labute approximate surface area is 98.1 Å². The van der Waals surface area contributed by atoms with Gasteiger partial charge in [0, 0.05) is 25.7 Å². The third-order valence-corrected chi connectivity index (χ3v) is 2.40. The van der Waals surface area contributed by atoms with Gasteiger partial charge in [-0.3, -0.25) is 0 Å². The molecule has 1 aromatic heterocycles. The van der Waals surface area contributed by atoms with Crippen molar-refractivity contribution in [3.05, 3.63) is 11.9 Å². The minimum Gasteiger partial charge on any atom is -0.370 e. The van der Waals surface area contributed by atoms with Crippen LogP contribution in [0.25, 0.3) is 0 Å². The molecule has 0 saturated heterocycles. The highest BCUT2D eigenvalue weighted by molar-refractivity contribution is 5.57. The van der Waals surface area contributed by atoms with E-state index in [-0.39, 0.29) is 0 Å². The first-order valence-corrected chi connectivity index (χ1v) is 5.82. The van der Waals surface area contributed by atoms with Crippen LogP contribution in [-0.2, 0) is 0 Å². The second-order valence-corrected chi connectivity index (χ2v) is 4.48. The van der Waals surface area contributed by atoms with Crippen LogP contribution in [0.3, 0.4) is 0 Å². The molecule has 0 unspecified atom stereocenters. The second kappa shape index (κ2) is 5.68. The summed E-state index contributed by atoms with van der Waals surface area (Å²) in [6.45, 7) is 10.4. The van der Waals surface area contributed by atoms with Gasteiger partial charge in [-0.1, -0.05) is 13.8 Å². The van der Waals surface area contributed by atoms with Crippen molar-refractivity contribution in [3.63, 3.8) is 0 Å². The van der Waals surface area contributed by atoms with E-state index in [1.807, 2.05) is 0 Å². The molecule has 0 saturated carbocycles. The molecule has 1 aromatic rings. The lowest BCUT2D eigenvalue weighted by Gasteiger charge is -2.22. The summed E-state index contributed by atoms with van der Waals surface area (Å²) in [7, 11) is 2.07. The van der Waals surface area contributed by atoms with Gasteiger partial charge in [-0.25, -0.2) is 9.97 Å². The van der Waals surface area contributed by atoms with Gasteiger partial charge in [-0.05, 0) is 19.8 Å². The third kappa shape index (κ3) is 3.08. The van der Waals surface area contributed by atoms with Crippen LogP contribution < -0.4 is 10.2 Å². The van der Waals surface area contributed by atoms with Gasteiger partial charge in [-0.15, -0.1) is 0 Å². The Bertz CT molecular complexity index is 336. The SMILES string of the molecule is CCNc1ncnc(N(C)CC(C)C)c1C. The molecule has 0 radical (unpaired) electrons. The Kier molecular flexibility index (Phi) is 4.52. The Hall–Kier alpha value is -1.32. The molecular weight excluding hydrogens is 200 g/mol. The van der Waals surface area contributed by atoms with Crippen molar-refractivity contribution < 1.29 is 0 Å². The molecule has 0 aliphatic rings. The molecule has 1 rings (SSSR count). The molecule has 16 heavy (non-hydrogen) atoms. The maximum atomic E-state index is 4.35. The van der Waals surface area contributed by atoms with Crippen molar-refractivity contribution >= 4 is 11.6 Å². The summed E-state index contributed by atoms with van der Waals surface area (Å²) in [5.74, 6) is 2.57. The molecule has 0 spiro atoms. The molecule has 4 heteroatoms. The lowest BCUT2D eigenvalue weighted by atomic mass is 10.2. The van der Waals surface area contributed by atoms with E-state index in [9.17, 15) is 0 Å². The standard InChI is InChI=1S/C12H22N4/c1-6-13-11-10(4)12(15-8-14-11)16(5)7-9(2)3/h8-9H,6-7H2,1-5H3,(H,13,14,15). The first-order valence-electron chi connectivity index (χ1n) is 5.82. The maximum absolute atomic E-state index is 4.35. The molecule has 90 valence electrons. The van der Waals surface area contributed by atoms with Gasteiger partial charge in [0.15, 0.2) is 0 Å². The van der Waals surface area contributed by atoms with E-state index in [2.05, 4.69) is 54.9 Å². The first-order chi connectivity index (χ1) is 7.56. The van der Waals surface area contributed by atoms with Gasteiger partial charge in [-0.2, -0.15) is 0 Å². The summed E-state index contributed by atoms with van der Waals surface area (Å²) >= 11 is 0. The van der Waals surface area contributed by atoms with Gasteiger partial charge in [0.05, 0.1) is 0 Å². The van der Waals surface area contributed by atoms with Crippen LogP contribution in [-0.4, -0.2) is 30.1 Å². The molecule has 0 atom stereocenters. The van der Waals surface area contributed by atoms with Gasteiger partial charge >= 0.3 is 0 Å². The zero-order chi connectivity index (χ0) is 12.1. The Morgan fingerprint density at radius 2 is 2.06 bits per heavy atom. The van der Waals surface area contributed by atoms with Crippen LogP contribution in [0.1, 0.15) is 26.3 Å². The number of nitrogens with zero attached hydrogens (tertiary/aromatic N) is 3. The number of hydrogen-bond acceptors (Lipinski definition) is 4. The predicted octanol–water partition coefficient (Wildman–Crippen LogP) is 2.31. The highest BCUT2D eigenvalue weighted by atomic mass is 15.2. The van der Waals surface area contributed by atoms with Crippen LogP contribution in [0.5, 0.6) is 0 Å². The van der Waals surface area contributed by atoms with Crippen molar-refractivity contribution in [2.45, 2.75) is 27.7 Å². The number of aromatic nitrogens is 2. The molecule has 0 fully saturated rings. The van der Waals surface area contributed by atoms with E-state index in [0.717, 1.165) is 30.3 Å². The number of rotatable bonds is 5. The van der Waals surface area contributed by atoms with E-state index >= 15 is 0 Å². The van der Waals surface area contributed by atoms with Crippen LogP contribution in [0.15, 0.2) is 6.33 Å². The minimum absolute atomic E-state index is 0.627. The van der Waals surface area contributed by atoms with Crippen molar-refractivity contribution in [3.8, 4) is 0 Å². The molecule has 0 aromatic carbocycles. The highest BCUT2D eigenvalue weighted by Gasteiger charge is 2.11. The van der Waals surface area contributed by atoms with Crippen molar-refractivity contribution in [1.29, 1.82) is 0 Å². The Balaban J connectivity index is 2.91. The molecule has 0 amide bonds. The van der Waals surface area contributed by atoms with Gasteiger partial charge in [0.25, 0.3) is 0 Å². The van der Waals surface area contributed by atoms with Gasteiger partial charge in [0.1, 0.15) is 18.0 Å². The smallest absolute Gasteiger partial charge is 0.136 e. The average molecular weight is 222 g/mol. The molecule has 0 aliphatic heterocycles. The first kappa shape index (κ1) is 12.7. The van der Waals surface area contributed by atoms with Gasteiger partial charge < -0.3 is 10.2 Å². The summed E-state index contributed by atoms with van der Waals surface area (Å²) in [6.07, 6.45) is 1.62. The average Bonchev–Trinajstić information content (AvgIpc) is 2.20. The van der Waals surface area contributed by atoms with E-state index in [1.54, 1.807) is 6.33 Å². The predicted molar refractivity (Wildman–Crippen MR) is 69.0 cm³/mol. The van der Waals surface area contributed by atoms with E-state index < -0.39 is 0 Å². The number of nitrogens with one attached hydrogen (secondary N) is 1. The van der Waals surface area contributed by atoms with Crippen molar-refractivity contribution in [1.82, 2.24) is 9.97 Å². The molecule has 0 aliphatic carbocycles. The number of hydrogen-bond donors (Lipinski definition) is 1. The molecule has 1 heterocycles. The monoisotopic (exact) mass is 222 g/mol. The molecule has 0 bridgehead atoms. The normalized spacial score (nSPS) is 10.6. The second-order valence-electron chi connectivity index (χ2n) is 4.48. The fourth-order valence-electron chi connectivity index (χ4n) is 1.81. The third-order valence-electron chi connectivity index (χ3n) is 2.40. The van der Waals surface area contributed by atoms with Crippen molar-refractivity contribution in [2.24, 2.45) is 5.92 Å². The lowest BCUT2D eigenvalue weighted by molar-refractivity contribution is 0.633.